The summed E-state index contributed by atoms with van der Waals surface area (Å²) >= 11 is 0. The van der Waals surface area contributed by atoms with Gasteiger partial charge in [0, 0.05) is 17.5 Å². The zero-order valence-electron chi connectivity index (χ0n) is 16.0. The lowest BCUT2D eigenvalue weighted by Gasteiger charge is -2.58. The van der Waals surface area contributed by atoms with Crippen LogP contribution in [0.25, 0.3) is 0 Å². The van der Waals surface area contributed by atoms with Crippen LogP contribution >= 0.6 is 0 Å². The summed E-state index contributed by atoms with van der Waals surface area (Å²) in [6.07, 6.45) is 6.96. The van der Waals surface area contributed by atoms with E-state index >= 15 is 0 Å². The third-order valence-corrected chi connectivity index (χ3v) is 6.96. The Morgan fingerprint density at radius 1 is 1.07 bits per heavy atom. The van der Waals surface area contributed by atoms with E-state index in [9.17, 15) is 9.59 Å². The van der Waals surface area contributed by atoms with E-state index in [4.69, 9.17) is 5.11 Å². The van der Waals surface area contributed by atoms with Crippen molar-refractivity contribution in [3.8, 4) is 0 Å². The molecule has 5 heteroatoms. The molecule has 1 atom stereocenters. The molecule has 0 aromatic heterocycles. The second-order valence-electron chi connectivity index (χ2n) is 9.07. The van der Waals surface area contributed by atoms with Crippen molar-refractivity contribution in [2.45, 2.75) is 51.5 Å². The molecule has 2 amide bonds. The largest absolute Gasteiger partial charge is 0.395 e. The van der Waals surface area contributed by atoms with Gasteiger partial charge >= 0.3 is 0 Å². The van der Waals surface area contributed by atoms with E-state index in [1.54, 1.807) is 0 Å². The Morgan fingerprint density at radius 2 is 1.63 bits per heavy atom. The van der Waals surface area contributed by atoms with E-state index in [0.29, 0.717) is 23.3 Å². The second-order valence-corrected chi connectivity index (χ2v) is 9.07. The fourth-order valence-electron chi connectivity index (χ4n) is 6.23. The van der Waals surface area contributed by atoms with Crippen LogP contribution in [-0.4, -0.2) is 36.1 Å². The van der Waals surface area contributed by atoms with Gasteiger partial charge in [-0.25, -0.2) is 0 Å². The van der Waals surface area contributed by atoms with Crippen molar-refractivity contribution in [3.63, 3.8) is 0 Å². The van der Waals surface area contributed by atoms with Crippen molar-refractivity contribution in [1.29, 1.82) is 0 Å². The number of aliphatic hydroxyl groups excluding tert-OH is 1. The predicted octanol–water partition coefficient (Wildman–Crippen LogP) is 2.42. The van der Waals surface area contributed by atoms with E-state index in [0.717, 1.165) is 24.8 Å². The van der Waals surface area contributed by atoms with Gasteiger partial charge in [0.05, 0.1) is 6.61 Å². The molecule has 1 aromatic carbocycles. The molecule has 0 spiro atoms. The van der Waals surface area contributed by atoms with Crippen molar-refractivity contribution in [1.82, 2.24) is 10.6 Å². The van der Waals surface area contributed by atoms with Crippen LogP contribution in [0.4, 0.5) is 0 Å². The number of hydrogen-bond donors (Lipinski definition) is 3. The zero-order chi connectivity index (χ0) is 19.0. The number of rotatable bonds is 6. The summed E-state index contributed by atoms with van der Waals surface area (Å²) in [6, 6.07) is 6.94. The Labute approximate surface area is 160 Å². The van der Waals surface area contributed by atoms with Gasteiger partial charge in [0.2, 0.25) is 5.91 Å². The number of aliphatic hydroxyl groups is 1. The summed E-state index contributed by atoms with van der Waals surface area (Å²) in [5, 5.41) is 15.0. The molecule has 4 bridgehead atoms. The quantitative estimate of drug-likeness (QED) is 0.720. The SMILES string of the molecule is Cc1ccc(C(=O)N[C@@H](C(=O)NCCO)C23CC4CC(CC(C4)C2)C3)cc1. The fourth-order valence-corrected chi connectivity index (χ4v) is 6.23. The first-order valence-electron chi connectivity index (χ1n) is 10.3. The average Bonchev–Trinajstić information content (AvgIpc) is 2.63. The van der Waals surface area contributed by atoms with Gasteiger partial charge in [-0.05, 0) is 75.3 Å². The Bertz CT molecular complexity index is 677. The summed E-state index contributed by atoms with van der Waals surface area (Å²) in [4.78, 5) is 25.9. The van der Waals surface area contributed by atoms with Crippen molar-refractivity contribution in [3.05, 3.63) is 35.4 Å². The molecule has 0 saturated heterocycles. The molecule has 4 saturated carbocycles. The summed E-state index contributed by atoms with van der Waals surface area (Å²) in [5.74, 6) is 1.75. The van der Waals surface area contributed by atoms with E-state index < -0.39 is 6.04 Å². The summed E-state index contributed by atoms with van der Waals surface area (Å²) < 4.78 is 0. The molecule has 146 valence electrons. The Morgan fingerprint density at radius 3 is 2.15 bits per heavy atom. The fraction of sp³-hybridized carbons (Fsp3) is 0.636. The molecule has 0 radical (unpaired) electrons. The normalized spacial score (nSPS) is 32.1. The van der Waals surface area contributed by atoms with Gasteiger partial charge in [0.1, 0.15) is 6.04 Å². The minimum Gasteiger partial charge on any atom is -0.395 e. The van der Waals surface area contributed by atoms with Crippen LogP contribution in [0.15, 0.2) is 24.3 Å². The molecular formula is C22H30N2O3. The molecule has 1 aromatic rings. The Balaban J connectivity index is 1.58. The minimum atomic E-state index is -0.522. The topological polar surface area (TPSA) is 78.4 Å². The highest BCUT2D eigenvalue weighted by molar-refractivity contribution is 5.97. The molecule has 27 heavy (non-hydrogen) atoms. The van der Waals surface area contributed by atoms with Gasteiger partial charge in [-0.15, -0.1) is 0 Å². The van der Waals surface area contributed by atoms with Gasteiger partial charge in [-0.3, -0.25) is 9.59 Å². The lowest BCUT2D eigenvalue weighted by atomic mass is 9.47. The zero-order valence-corrected chi connectivity index (χ0v) is 16.0. The van der Waals surface area contributed by atoms with Crippen molar-refractivity contribution in [2.24, 2.45) is 23.2 Å². The predicted molar refractivity (Wildman–Crippen MR) is 103 cm³/mol. The Kier molecular flexibility index (Phi) is 4.97. The number of hydrogen-bond acceptors (Lipinski definition) is 3. The highest BCUT2D eigenvalue weighted by atomic mass is 16.3. The number of benzene rings is 1. The lowest BCUT2D eigenvalue weighted by Crippen LogP contribution is -2.62. The van der Waals surface area contributed by atoms with E-state index in [2.05, 4.69) is 10.6 Å². The number of carbonyl (C=O) groups excluding carboxylic acids is 2. The van der Waals surface area contributed by atoms with Crippen molar-refractivity contribution >= 4 is 11.8 Å². The maximum Gasteiger partial charge on any atom is 0.251 e. The number of amides is 2. The average molecular weight is 370 g/mol. The first kappa shape index (κ1) is 18.5. The number of nitrogens with one attached hydrogen (secondary N) is 2. The number of carbonyl (C=O) groups is 2. The van der Waals surface area contributed by atoms with Crippen LogP contribution in [0.3, 0.4) is 0 Å². The van der Waals surface area contributed by atoms with E-state index in [1.807, 2.05) is 31.2 Å². The van der Waals surface area contributed by atoms with Crippen LogP contribution < -0.4 is 10.6 Å². The maximum absolute atomic E-state index is 13.0. The van der Waals surface area contributed by atoms with E-state index in [1.165, 1.54) is 19.3 Å². The summed E-state index contributed by atoms with van der Waals surface area (Å²) in [7, 11) is 0. The second kappa shape index (κ2) is 7.27. The van der Waals surface area contributed by atoms with Crippen molar-refractivity contribution in [2.75, 3.05) is 13.2 Å². The maximum atomic E-state index is 13.0. The van der Waals surface area contributed by atoms with Gasteiger partial charge in [0.15, 0.2) is 0 Å². The molecular weight excluding hydrogens is 340 g/mol. The lowest BCUT2D eigenvalue weighted by molar-refractivity contribution is -0.134. The summed E-state index contributed by atoms with van der Waals surface area (Å²) in [5.41, 5.74) is 1.56. The molecule has 4 aliphatic rings. The third-order valence-electron chi connectivity index (χ3n) is 6.96. The molecule has 0 aliphatic heterocycles. The molecule has 5 nitrogen and oxygen atoms in total. The highest BCUT2D eigenvalue weighted by Crippen LogP contribution is 2.61. The summed E-state index contributed by atoms with van der Waals surface area (Å²) in [6.45, 7) is 2.12. The molecule has 4 aliphatic carbocycles. The first-order valence-corrected chi connectivity index (χ1v) is 10.3. The van der Waals surface area contributed by atoms with Crippen LogP contribution in [0.5, 0.6) is 0 Å². The standard InChI is InChI=1S/C22H30N2O3/c1-14-2-4-18(5-3-14)20(26)24-19(21(27)23-6-7-25)22-11-15-8-16(12-22)10-17(9-15)13-22/h2-5,15-17,19,25H,6-13H2,1H3,(H,23,27)(H,24,26)/t15?,16?,17?,19-,22?/m0/s1. The van der Waals surface area contributed by atoms with Gasteiger partial charge in [0.25, 0.3) is 5.91 Å². The molecule has 4 fully saturated rings. The van der Waals surface area contributed by atoms with Gasteiger partial charge in [-0.2, -0.15) is 0 Å². The van der Waals surface area contributed by atoms with Crippen LogP contribution in [0.1, 0.15) is 54.4 Å². The molecule has 3 N–H and O–H groups in total. The molecule has 0 heterocycles. The van der Waals surface area contributed by atoms with Gasteiger partial charge < -0.3 is 15.7 Å². The van der Waals surface area contributed by atoms with Crippen LogP contribution in [0, 0.1) is 30.1 Å². The van der Waals surface area contributed by atoms with Gasteiger partial charge in [-0.1, -0.05) is 17.7 Å². The van der Waals surface area contributed by atoms with E-state index in [-0.39, 0.29) is 30.4 Å². The van der Waals surface area contributed by atoms with Crippen LogP contribution in [-0.2, 0) is 4.79 Å². The molecule has 5 rings (SSSR count). The highest BCUT2D eigenvalue weighted by Gasteiger charge is 2.56. The number of aryl methyl sites for hydroxylation is 1. The van der Waals surface area contributed by atoms with Crippen molar-refractivity contribution < 1.29 is 14.7 Å². The molecule has 0 unspecified atom stereocenters. The Hall–Kier alpha value is -1.88. The van der Waals surface area contributed by atoms with Crippen LogP contribution in [0.2, 0.25) is 0 Å². The first-order chi connectivity index (χ1) is 13.0. The smallest absolute Gasteiger partial charge is 0.251 e. The minimum absolute atomic E-state index is 0.0920. The monoisotopic (exact) mass is 370 g/mol. The third kappa shape index (κ3) is 3.62.